The van der Waals surface area contributed by atoms with Crippen LogP contribution in [0.15, 0.2) is 9.59 Å². The monoisotopic (exact) mass is 236 g/mol. The highest BCUT2D eigenvalue weighted by Crippen LogP contribution is 2.12. The quantitative estimate of drug-likeness (QED) is 0.474. The molecule has 2 aromatic rings. The van der Waals surface area contributed by atoms with E-state index < -0.39 is 11.2 Å². The molecule has 1 fully saturated rings. The molecule has 2 aromatic heterocycles. The number of imidazole rings is 1. The Morgan fingerprint density at radius 3 is 2.59 bits per heavy atom. The maximum atomic E-state index is 11.5. The van der Waals surface area contributed by atoms with Crippen LogP contribution in [0.2, 0.25) is 0 Å². The standard InChI is InChI=1S/C9H12N6O2/c16-7-5-6(13-9(17)14-7)12-8(11-5)15-3-1-10-2-4-15/h10H,1-4H2,(H3,11,12,13,14,16,17). The summed E-state index contributed by atoms with van der Waals surface area (Å²) in [4.78, 5) is 36.5. The Morgan fingerprint density at radius 1 is 1.06 bits per heavy atom. The molecule has 8 heteroatoms. The minimum Gasteiger partial charge on any atom is -0.340 e. The van der Waals surface area contributed by atoms with Crippen molar-refractivity contribution in [3.63, 3.8) is 0 Å². The first-order chi connectivity index (χ1) is 8.24. The van der Waals surface area contributed by atoms with Crippen LogP contribution in [0.4, 0.5) is 5.95 Å². The first kappa shape index (κ1) is 10.1. The molecule has 0 aliphatic carbocycles. The van der Waals surface area contributed by atoms with Crippen LogP contribution in [0.5, 0.6) is 0 Å². The number of piperazine rings is 1. The van der Waals surface area contributed by atoms with Gasteiger partial charge in [0, 0.05) is 26.2 Å². The summed E-state index contributed by atoms with van der Waals surface area (Å²) in [5, 5.41) is 3.23. The predicted octanol–water partition coefficient (Wildman–Crippen LogP) is -1.65. The van der Waals surface area contributed by atoms with Gasteiger partial charge in [-0.05, 0) is 0 Å². The van der Waals surface area contributed by atoms with Gasteiger partial charge < -0.3 is 15.2 Å². The first-order valence-corrected chi connectivity index (χ1v) is 5.42. The van der Waals surface area contributed by atoms with Crippen LogP contribution in [0.3, 0.4) is 0 Å². The number of nitrogens with zero attached hydrogens (tertiary/aromatic N) is 2. The van der Waals surface area contributed by atoms with Crippen molar-refractivity contribution in [2.75, 3.05) is 31.1 Å². The summed E-state index contributed by atoms with van der Waals surface area (Å²) < 4.78 is 0. The van der Waals surface area contributed by atoms with E-state index in [0.717, 1.165) is 26.2 Å². The van der Waals surface area contributed by atoms with Crippen LogP contribution >= 0.6 is 0 Å². The molecule has 17 heavy (non-hydrogen) atoms. The fourth-order valence-corrected chi connectivity index (χ4v) is 1.95. The number of H-pyrrole nitrogens is 3. The van der Waals surface area contributed by atoms with Gasteiger partial charge in [-0.3, -0.25) is 14.8 Å². The fourth-order valence-electron chi connectivity index (χ4n) is 1.95. The van der Waals surface area contributed by atoms with Crippen LogP contribution in [-0.4, -0.2) is 46.1 Å². The van der Waals surface area contributed by atoms with Gasteiger partial charge in [0.05, 0.1) is 0 Å². The molecule has 4 N–H and O–H groups in total. The summed E-state index contributed by atoms with van der Waals surface area (Å²) in [5.41, 5.74) is -0.385. The van der Waals surface area contributed by atoms with Crippen molar-refractivity contribution in [1.29, 1.82) is 0 Å². The van der Waals surface area contributed by atoms with E-state index in [-0.39, 0.29) is 0 Å². The molecular weight excluding hydrogens is 224 g/mol. The van der Waals surface area contributed by atoms with Gasteiger partial charge in [-0.1, -0.05) is 0 Å². The highest BCUT2D eigenvalue weighted by atomic mass is 16.2. The Morgan fingerprint density at radius 2 is 1.82 bits per heavy atom. The van der Waals surface area contributed by atoms with Crippen molar-refractivity contribution in [3.05, 3.63) is 20.8 Å². The Bertz CT molecular complexity index is 647. The van der Waals surface area contributed by atoms with Gasteiger partial charge >= 0.3 is 5.69 Å². The number of hydrogen-bond donors (Lipinski definition) is 4. The summed E-state index contributed by atoms with van der Waals surface area (Å²) in [6.45, 7) is 3.40. The lowest BCUT2D eigenvalue weighted by molar-refractivity contribution is 0.582. The molecular formula is C9H12N6O2. The normalized spacial score (nSPS) is 16.6. The molecule has 3 heterocycles. The van der Waals surface area contributed by atoms with E-state index in [9.17, 15) is 9.59 Å². The maximum Gasteiger partial charge on any atom is 0.327 e. The summed E-state index contributed by atoms with van der Waals surface area (Å²) in [5.74, 6) is 0.619. The number of fused-ring (bicyclic) bond motifs is 1. The fraction of sp³-hybridized carbons (Fsp3) is 0.444. The molecule has 0 amide bonds. The lowest BCUT2D eigenvalue weighted by atomic mass is 10.4. The van der Waals surface area contributed by atoms with E-state index in [1.165, 1.54) is 0 Å². The molecule has 90 valence electrons. The molecule has 3 rings (SSSR count). The molecule has 0 radical (unpaired) electrons. The number of rotatable bonds is 1. The lowest BCUT2D eigenvalue weighted by Gasteiger charge is -2.26. The zero-order valence-electron chi connectivity index (χ0n) is 9.04. The van der Waals surface area contributed by atoms with Crippen molar-refractivity contribution in [3.8, 4) is 0 Å². The van der Waals surface area contributed by atoms with E-state index in [1.54, 1.807) is 0 Å². The zero-order chi connectivity index (χ0) is 11.8. The second-order valence-corrected chi connectivity index (χ2v) is 3.93. The Kier molecular flexibility index (Phi) is 2.22. The average molecular weight is 236 g/mol. The molecule has 1 aliphatic heterocycles. The number of hydrogen-bond acceptors (Lipinski definition) is 5. The third-order valence-corrected chi connectivity index (χ3v) is 2.79. The highest BCUT2D eigenvalue weighted by Gasteiger charge is 2.15. The van der Waals surface area contributed by atoms with Crippen molar-refractivity contribution < 1.29 is 0 Å². The zero-order valence-corrected chi connectivity index (χ0v) is 9.04. The van der Waals surface area contributed by atoms with Crippen LogP contribution in [-0.2, 0) is 0 Å². The largest absolute Gasteiger partial charge is 0.340 e. The van der Waals surface area contributed by atoms with Gasteiger partial charge in [0.25, 0.3) is 5.56 Å². The smallest absolute Gasteiger partial charge is 0.327 e. The average Bonchev–Trinajstić information content (AvgIpc) is 2.74. The third kappa shape index (κ3) is 1.72. The predicted molar refractivity (Wildman–Crippen MR) is 62.4 cm³/mol. The second kappa shape index (κ2) is 3.74. The third-order valence-electron chi connectivity index (χ3n) is 2.79. The Labute approximate surface area is 95.1 Å². The summed E-state index contributed by atoms with van der Waals surface area (Å²) in [7, 11) is 0. The van der Waals surface area contributed by atoms with Crippen molar-refractivity contribution >= 4 is 17.1 Å². The van der Waals surface area contributed by atoms with Gasteiger partial charge in [-0.25, -0.2) is 4.79 Å². The molecule has 1 saturated heterocycles. The van der Waals surface area contributed by atoms with E-state index in [0.29, 0.717) is 17.1 Å². The molecule has 0 aromatic carbocycles. The summed E-state index contributed by atoms with van der Waals surface area (Å²) in [6, 6.07) is 0. The SMILES string of the molecule is O=c1[nH]c(=O)c2[nH]c(N3CCNCC3)nc2[nH]1. The van der Waals surface area contributed by atoms with Gasteiger partial charge in [0.2, 0.25) is 5.95 Å². The Balaban J connectivity index is 2.09. The molecule has 0 bridgehead atoms. The molecule has 8 nitrogen and oxygen atoms in total. The van der Waals surface area contributed by atoms with Gasteiger partial charge in [-0.2, -0.15) is 4.98 Å². The van der Waals surface area contributed by atoms with E-state index in [4.69, 9.17) is 0 Å². The summed E-state index contributed by atoms with van der Waals surface area (Å²) in [6.07, 6.45) is 0. The van der Waals surface area contributed by atoms with Gasteiger partial charge in [0.1, 0.15) is 0 Å². The van der Waals surface area contributed by atoms with Gasteiger partial charge in [-0.15, -0.1) is 0 Å². The molecule has 1 aliphatic rings. The van der Waals surface area contributed by atoms with Crippen LogP contribution in [0, 0.1) is 0 Å². The van der Waals surface area contributed by atoms with E-state index in [1.807, 2.05) is 4.90 Å². The van der Waals surface area contributed by atoms with Crippen molar-refractivity contribution in [2.45, 2.75) is 0 Å². The molecule has 0 spiro atoms. The van der Waals surface area contributed by atoms with Crippen LogP contribution in [0.1, 0.15) is 0 Å². The Hall–Kier alpha value is -2.09. The van der Waals surface area contributed by atoms with Crippen LogP contribution < -0.4 is 21.5 Å². The number of aromatic amines is 3. The van der Waals surface area contributed by atoms with Crippen molar-refractivity contribution in [1.82, 2.24) is 25.3 Å². The van der Waals surface area contributed by atoms with E-state index >= 15 is 0 Å². The van der Waals surface area contributed by atoms with Crippen molar-refractivity contribution in [2.24, 2.45) is 0 Å². The lowest BCUT2D eigenvalue weighted by Crippen LogP contribution is -2.44. The highest BCUT2D eigenvalue weighted by molar-refractivity contribution is 5.71. The second-order valence-electron chi connectivity index (χ2n) is 3.93. The summed E-state index contributed by atoms with van der Waals surface area (Å²) >= 11 is 0. The van der Waals surface area contributed by atoms with E-state index in [2.05, 4.69) is 25.3 Å². The van der Waals surface area contributed by atoms with Gasteiger partial charge in [0.15, 0.2) is 11.2 Å². The topological polar surface area (TPSA) is 110 Å². The molecule has 0 atom stereocenters. The molecule has 0 saturated carbocycles. The minimum absolute atomic E-state index is 0.298. The number of nitrogens with one attached hydrogen (secondary N) is 4. The maximum absolute atomic E-state index is 11.5. The number of anilines is 1. The minimum atomic E-state index is -0.541. The first-order valence-electron chi connectivity index (χ1n) is 5.42. The number of aromatic nitrogens is 4. The van der Waals surface area contributed by atoms with Crippen LogP contribution in [0.25, 0.3) is 11.2 Å². The molecule has 0 unspecified atom stereocenters.